The Bertz CT molecular complexity index is 449. The number of ether oxygens (including phenoxy) is 1. The third kappa shape index (κ3) is 5.44. The summed E-state index contributed by atoms with van der Waals surface area (Å²) in [5.74, 6) is 0.0471. The summed E-state index contributed by atoms with van der Waals surface area (Å²) in [4.78, 5) is 11.8. The lowest BCUT2D eigenvalue weighted by Gasteiger charge is -2.09. The van der Waals surface area contributed by atoms with Crippen molar-refractivity contribution in [3.63, 3.8) is 0 Å². The van der Waals surface area contributed by atoms with E-state index in [0.29, 0.717) is 6.54 Å². The molecule has 1 aliphatic rings. The van der Waals surface area contributed by atoms with Gasteiger partial charge in [-0.3, -0.25) is 4.79 Å². The number of amides is 1. The number of rotatable bonds is 8. The number of aromatic nitrogens is 2. The molecule has 2 heterocycles. The minimum absolute atomic E-state index is 0.0471. The van der Waals surface area contributed by atoms with Crippen molar-refractivity contribution < 1.29 is 9.53 Å². The van der Waals surface area contributed by atoms with E-state index >= 15 is 0 Å². The predicted octanol–water partition coefficient (Wildman–Crippen LogP) is 2.14. The van der Waals surface area contributed by atoms with E-state index in [9.17, 15) is 4.79 Å². The van der Waals surface area contributed by atoms with Crippen molar-refractivity contribution in [2.24, 2.45) is 0 Å². The fraction of sp³-hybridized carbons (Fsp3) is 0.769. The smallest absolute Gasteiger partial charge is 0.233 e. The molecule has 8 heteroatoms. The zero-order chi connectivity index (χ0) is 15.1. The van der Waals surface area contributed by atoms with E-state index in [1.165, 1.54) is 23.1 Å². The first kappa shape index (κ1) is 16.5. The summed E-state index contributed by atoms with van der Waals surface area (Å²) in [6.07, 6.45) is 3.46. The van der Waals surface area contributed by atoms with Crippen molar-refractivity contribution in [1.82, 2.24) is 15.5 Å². The zero-order valence-corrected chi connectivity index (χ0v) is 14.1. The lowest BCUT2D eigenvalue weighted by Crippen LogP contribution is -2.31. The highest BCUT2D eigenvalue weighted by atomic mass is 32.2. The molecule has 1 amide bonds. The monoisotopic (exact) mass is 330 g/mol. The second-order valence-electron chi connectivity index (χ2n) is 4.94. The van der Waals surface area contributed by atoms with Crippen LogP contribution in [0.5, 0.6) is 0 Å². The van der Waals surface area contributed by atoms with Crippen LogP contribution in [-0.2, 0) is 9.53 Å². The van der Waals surface area contributed by atoms with Crippen molar-refractivity contribution in [2.45, 2.75) is 48.8 Å². The average molecular weight is 330 g/mol. The van der Waals surface area contributed by atoms with Crippen LogP contribution in [0.1, 0.15) is 33.1 Å². The number of anilines is 1. The molecule has 0 bridgehead atoms. The summed E-state index contributed by atoms with van der Waals surface area (Å²) in [6, 6.07) is 0. The average Bonchev–Trinajstić information content (AvgIpc) is 3.13. The molecule has 2 N–H and O–H groups in total. The van der Waals surface area contributed by atoms with Crippen molar-refractivity contribution in [2.75, 3.05) is 25.0 Å². The number of nitrogens with one attached hydrogen (secondary N) is 2. The summed E-state index contributed by atoms with van der Waals surface area (Å²) < 4.78 is 6.36. The van der Waals surface area contributed by atoms with E-state index in [1.54, 1.807) is 0 Å². The zero-order valence-electron chi connectivity index (χ0n) is 12.4. The van der Waals surface area contributed by atoms with Crippen LogP contribution in [0.25, 0.3) is 0 Å². The molecule has 0 aliphatic carbocycles. The number of hydrogen-bond donors (Lipinski definition) is 2. The lowest BCUT2D eigenvalue weighted by atomic mass is 10.2. The fourth-order valence-electron chi connectivity index (χ4n) is 1.93. The third-order valence-corrected chi connectivity index (χ3v) is 5.17. The van der Waals surface area contributed by atoms with Crippen LogP contribution in [0, 0.1) is 0 Å². The fourth-order valence-corrected chi connectivity index (χ4v) is 3.86. The molecule has 0 aromatic carbocycles. The highest BCUT2D eigenvalue weighted by Gasteiger charge is 2.18. The van der Waals surface area contributed by atoms with Gasteiger partial charge in [0.1, 0.15) is 0 Å². The van der Waals surface area contributed by atoms with Gasteiger partial charge in [-0.2, -0.15) is 0 Å². The van der Waals surface area contributed by atoms with Crippen LogP contribution >= 0.6 is 23.1 Å². The summed E-state index contributed by atoms with van der Waals surface area (Å²) in [5, 5.41) is 15.0. The first-order valence-electron chi connectivity index (χ1n) is 7.32. The molecule has 1 aromatic heterocycles. The highest BCUT2D eigenvalue weighted by Crippen LogP contribution is 2.29. The van der Waals surface area contributed by atoms with Gasteiger partial charge >= 0.3 is 0 Å². The predicted molar refractivity (Wildman–Crippen MR) is 86.0 cm³/mol. The van der Waals surface area contributed by atoms with Gasteiger partial charge in [0.2, 0.25) is 11.0 Å². The number of thioether (sulfide) groups is 1. The molecule has 21 heavy (non-hydrogen) atoms. The van der Waals surface area contributed by atoms with Crippen molar-refractivity contribution >= 4 is 34.1 Å². The highest BCUT2D eigenvalue weighted by molar-refractivity contribution is 8.02. The van der Waals surface area contributed by atoms with Gasteiger partial charge in [0.25, 0.3) is 0 Å². The van der Waals surface area contributed by atoms with Crippen LogP contribution in [0.2, 0.25) is 0 Å². The molecule has 2 atom stereocenters. The van der Waals surface area contributed by atoms with Crippen molar-refractivity contribution in [3.8, 4) is 0 Å². The second-order valence-corrected chi connectivity index (χ2v) is 7.51. The normalized spacial score (nSPS) is 19.4. The van der Waals surface area contributed by atoms with Gasteiger partial charge < -0.3 is 15.4 Å². The van der Waals surface area contributed by atoms with Crippen LogP contribution in [0.4, 0.5) is 5.13 Å². The van der Waals surface area contributed by atoms with Gasteiger partial charge in [0.15, 0.2) is 4.34 Å². The van der Waals surface area contributed by atoms with E-state index in [0.717, 1.165) is 41.9 Å². The maximum Gasteiger partial charge on any atom is 0.233 e. The minimum Gasteiger partial charge on any atom is -0.376 e. The number of carbonyl (C=O) groups is 1. The van der Waals surface area contributed by atoms with Gasteiger partial charge in [-0.05, 0) is 26.2 Å². The maximum atomic E-state index is 11.8. The minimum atomic E-state index is -0.157. The Labute approximate surface area is 133 Å². The summed E-state index contributed by atoms with van der Waals surface area (Å²) in [6.45, 7) is 6.26. The molecule has 0 saturated carbocycles. The molecule has 1 fully saturated rings. The van der Waals surface area contributed by atoms with Crippen LogP contribution in [0.15, 0.2) is 4.34 Å². The quantitative estimate of drug-likeness (QED) is 0.711. The first-order valence-corrected chi connectivity index (χ1v) is 9.02. The largest absolute Gasteiger partial charge is 0.376 e. The van der Waals surface area contributed by atoms with Crippen LogP contribution in [-0.4, -0.2) is 47.2 Å². The molecule has 2 rings (SSSR count). The Hall–Kier alpha value is -0.860. The van der Waals surface area contributed by atoms with E-state index in [4.69, 9.17) is 4.74 Å². The first-order chi connectivity index (χ1) is 10.2. The Morgan fingerprint density at radius 1 is 1.57 bits per heavy atom. The van der Waals surface area contributed by atoms with E-state index in [2.05, 4.69) is 20.8 Å². The lowest BCUT2D eigenvalue weighted by molar-refractivity contribution is -0.120. The number of hydrogen-bond acceptors (Lipinski definition) is 7. The van der Waals surface area contributed by atoms with E-state index < -0.39 is 0 Å². The van der Waals surface area contributed by atoms with Gasteiger partial charge in [-0.25, -0.2) is 0 Å². The topological polar surface area (TPSA) is 76.1 Å². The SMILES string of the molecule is CCCNC(=O)C(C)Sc1nnc(NCC2CCCO2)s1. The van der Waals surface area contributed by atoms with Crippen molar-refractivity contribution in [1.29, 1.82) is 0 Å². The van der Waals surface area contributed by atoms with E-state index in [-0.39, 0.29) is 17.3 Å². The van der Waals surface area contributed by atoms with Crippen LogP contribution in [0.3, 0.4) is 0 Å². The molecule has 1 saturated heterocycles. The van der Waals surface area contributed by atoms with Gasteiger partial charge in [0, 0.05) is 19.7 Å². The Morgan fingerprint density at radius 2 is 2.43 bits per heavy atom. The summed E-state index contributed by atoms with van der Waals surface area (Å²) >= 11 is 2.92. The molecule has 1 aromatic rings. The van der Waals surface area contributed by atoms with Gasteiger partial charge in [0.05, 0.1) is 11.4 Å². The maximum absolute atomic E-state index is 11.8. The van der Waals surface area contributed by atoms with Crippen molar-refractivity contribution in [3.05, 3.63) is 0 Å². The van der Waals surface area contributed by atoms with E-state index in [1.807, 2.05) is 13.8 Å². The summed E-state index contributed by atoms with van der Waals surface area (Å²) in [7, 11) is 0. The molecular formula is C13H22N4O2S2. The van der Waals surface area contributed by atoms with Gasteiger partial charge in [-0.1, -0.05) is 30.0 Å². The molecule has 1 aliphatic heterocycles. The van der Waals surface area contributed by atoms with Crippen LogP contribution < -0.4 is 10.6 Å². The molecular weight excluding hydrogens is 308 g/mol. The molecule has 118 valence electrons. The number of carbonyl (C=O) groups excluding carboxylic acids is 1. The standard InChI is InChI=1S/C13H22N4O2S2/c1-3-6-14-11(18)9(2)20-13-17-16-12(21-13)15-8-10-5-4-7-19-10/h9-10H,3-8H2,1-2H3,(H,14,18)(H,15,16). The molecule has 2 unspecified atom stereocenters. The third-order valence-electron chi connectivity index (χ3n) is 3.11. The molecule has 6 nitrogen and oxygen atoms in total. The molecule has 0 spiro atoms. The Kier molecular flexibility index (Phi) is 6.72. The summed E-state index contributed by atoms with van der Waals surface area (Å²) in [5.41, 5.74) is 0. The Morgan fingerprint density at radius 3 is 3.14 bits per heavy atom. The molecule has 0 radical (unpaired) electrons. The second kappa shape index (κ2) is 8.55. The number of nitrogens with zero attached hydrogens (tertiary/aromatic N) is 2. The van der Waals surface area contributed by atoms with Gasteiger partial charge in [-0.15, -0.1) is 10.2 Å². The Balaban J connectivity index is 1.75.